The summed E-state index contributed by atoms with van der Waals surface area (Å²) in [6, 6.07) is 5.28. The van der Waals surface area contributed by atoms with Gasteiger partial charge in [0, 0.05) is 19.1 Å². The zero-order valence-corrected chi connectivity index (χ0v) is 14.7. The molecule has 1 rings (SSSR count). The Morgan fingerprint density at radius 1 is 1.32 bits per heavy atom. The van der Waals surface area contributed by atoms with E-state index < -0.39 is 10.1 Å². The third-order valence-corrected chi connectivity index (χ3v) is 2.89. The molecule has 0 aromatic heterocycles. The fourth-order valence-corrected chi connectivity index (χ4v) is 1.68. The smallest absolute Gasteiger partial charge is 0.261 e. The molecular weight excluding hydrogens is 332 g/mol. The van der Waals surface area contributed by atoms with Crippen molar-refractivity contribution < 1.29 is 27.6 Å². The molecule has 22 heavy (non-hydrogen) atoms. The van der Waals surface area contributed by atoms with Crippen molar-refractivity contribution in [3.05, 3.63) is 23.2 Å². The molecule has 0 aliphatic heterocycles. The Morgan fingerprint density at radius 3 is 2.27 bits per heavy atom. The molecule has 0 aliphatic rings. The van der Waals surface area contributed by atoms with Crippen molar-refractivity contribution in [2.45, 2.75) is 26.4 Å². The van der Waals surface area contributed by atoms with E-state index in [1.54, 1.807) is 25.3 Å². The quantitative estimate of drug-likeness (QED) is 0.763. The highest BCUT2D eigenvalue weighted by atomic mass is 35.5. The van der Waals surface area contributed by atoms with Gasteiger partial charge in [0.2, 0.25) is 0 Å². The summed E-state index contributed by atoms with van der Waals surface area (Å²) in [5.41, 5.74) is 0. The fourth-order valence-electron chi connectivity index (χ4n) is 1.52. The summed E-state index contributed by atoms with van der Waals surface area (Å²) < 4.78 is 36.8. The Labute approximate surface area is 136 Å². The third kappa shape index (κ3) is 9.83. The second-order valence-electron chi connectivity index (χ2n) is 4.94. The maximum atomic E-state index is 9.19. The van der Waals surface area contributed by atoms with Crippen LogP contribution in [0.4, 0.5) is 0 Å². The molecule has 0 saturated carbocycles. The van der Waals surface area contributed by atoms with E-state index in [0.29, 0.717) is 35.1 Å². The van der Waals surface area contributed by atoms with E-state index in [9.17, 15) is 8.42 Å². The van der Waals surface area contributed by atoms with Gasteiger partial charge in [-0.25, -0.2) is 0 Å². The molecule has 0 spiro atoms. The highest BCUT2D eigenvalue weighted by Gasteiger charge is 2.16. The number of aliphatic hydroxyl groups is 1. The predicted octanol–water partition coefficient (Wildman–Crippen LogP) is 2.64. The minimum Gasteiger partial charge on any atom is -0.497 e. The molecule has 0 bridgehead atoms. The number of hydrogen-bond donors (Lipinski definition) is 2. The largest absolute Gasteiger partial charge is 0.497 e. The van der Waals surface area contributed by atoms with Crippen molar-refractivity contribution in [2.24, 2.45) is 5.92 Å². The van der Waals surface area contributed by atoms with Crippen LogP contribution >= 0.6 is 11.6 Å². The summed E-state index contributed by atoms with van der Waals surface area (Å²) in [5.74, 6) is 1.61. The van der Waals surface area contributed by atoms with Gasteiger partial charge in [-0.2, -0.15) is 8.42 Å². The Balaban J connectivity index is 0.000000763. The molecule has 8 heteroatoms. The average molecular weight is 355 g/mol. The molecule has 0 fully saturated rings. The Hall–Kier alpha value is -1.02. The standard InChI is InChI=1S/C13H19ClO3.CH4O3S/c1-9(2)12(6-7-15)17-13-8-10(16-3)4-5-11(13)14;1-5(2,3)4/h4-5,8-9,12,15H,6-7H2,1-3H3;1H3,(H,2,3,4). The van der Waals surface area contributed by atoms with E-state index in [4.69, 9.17) is 30.7 Å². The molecule has 6 nitrogen and oxygen atoms in total. The minimum atomic E-state index is -3.67. The molecule has 0 radical (unpaired) electrons. The van der Waals surface area contributed by atoms with Crippen LogP contribution in [0.2, 0.25) is 5.02 Å². The first-order valence-corrected chi connectivity index (χ1v) is 8.84. The molecule has 128 valence electrons. The Bertz CT molecular complexity index is 536. The van der Waals surface area contributed by atoms with Gasteiger partial charge in [0.15, 0.2) is 0 Å². The molecule has 0 amide bonds. The zero-order chi connectivity index (χ0) is 17.3. The molecule has 0 saturated heterocycles. The van der Waals surface area contributed by atoms with E-state index >= 15 is 0 Å². The van der Waals surface area contributed by atoms with Gasteiger partial charge in [-0.3, -0.25) is 4.55 Å². The van der Waals surface area contributed by atoms with Gasteiger partial charge >= 0.3 is 0 Å². The first-order chi connectivity index (χ1) is 10.1. The van der Waals surface area contributed by atoms with Crippen LogP contribution in [0.25, 0.3) is 0 Å². The summed E-state index contributed by atoms with van der Waals surface area (Å²) >= 11 is 6.06. The Morgan fingerprint density at radius 2 is 1.86 bits per heavy atom. The van der Waals surface area contributed by atoms with Crippen molar-refractivity contribution >= 4 is 21.7 Å². The van der Waals surface area contributed by atoms with E-state index in [1.165, 1.54) is 0 Å². The van der Waals surface area contributed by atoms with Crippen LogP contribution < -0.4 is 9.47 Å². The highest BCUT2D eigenvalue weighted by molar-refractivity contribution is 7.85. The first kappa shape index (κ1) is 21.0. The number of rotatable bonds is 6. The summed E-state index contributed by atoms with van der Waals surface area (Å²) in [5, 5.41) is 9.55. The molecule has 2 N–H and O–H groups in total. The van der Waals surface area contributed by atoms with Crippen molar-refractivity contribution in [3.63, 3.8) is 0 Å². The number of aliphatic hydroxyl groups excluding tert-OH is 1. The minimum absolute atomic E-state index is 0.0513. The van der Waals surface area contributed by atoms with Gasteiger partial charge in [0.1, 0.15) is 17.6 Å². The molecule has 1 aromatic carbocycles. The van der Waals surface area contributed by atoms with Crippen LogP contribution in [0.15, 0.2) is 18.2 Å². The molecule has 1 atom stereocenters. The van der Waals surface area contributed by atoms with E-state index in [2.05, 4.69) is 13.8 Å². The van der Waals surface area contributed by atoms with Gasteiger partial charge < -0.3 is 14.6 Å². The third-order valence-electron chi connectivity index (χ3n) is 2.57. The summed E-state index contributed by atoms with van der Waals surface area (Å²) in [7, 11) is -2.07. The zero-order valence-electron chi connectivity index (χ0n) is 13.1. The van der Waals surface area contributed by atoms with Crippen LogP contribution in [0.3, 0.4) is 0 Å². The van der Waals surface area contributed by atoms with Crippen molar-refractivity contribution in [2.75, 3.05) is 20.0 Å². The second kappa shape index (κ2) is 9.89. The van der Waals surface area contributed by atoms with Crippen molar-refractivity contribution in [3.8, 4) is 11.5 Å². The average Bonchev–Trinajstić information content (AvgIpc) is 2.38. The predicted molar refractivity (Wildman–Crippen MR) is 86.4 cm³/mol. The lowest BCUT2D eigenvalue weighted by atomic mass is 10.0. The van der Waals surface area contributed by atoms with Crippen LogP contribution in [0, 0.1) is 5.92 Å². The molecule has 0 aliphatic carbocycles. The lowest BCUT2D eigenvalue weighted by Crippen LogP contribution is -2.24. The maximum Gasteiger partial charge on any atom is 0.261 e. The van der Waals surface area contributed by atoms with Crippen LogP contribution in [0.5, 0.6) is 11.5 Å². The summed E-state index contributed by atoms with van der Waals surface area (Å²) in [6.07, 6.45) is 1.25. The topological polar surface area (TPSA) is 93.1 Å². The normalized spacial score (nSPS) is 12.4. The van der Waals surface area contributed by atoms with E-state index in [-0.39, 0.29) is 12.7 Å². The molecule has 1 aromatic rings. The number of hydrogen-bond acceptors (Lipinski definition) is 5. The number of benzene rings is 1. The van der Waals surface area contributed by atoms with Gasteiger partial charge in [-0.1, -0.05) is 25.4 Å². The SMILES string of the molecule is COc1ccc(Cl)c(OC(CCO)C(C)C)c1.CS(=O)(=O)O. The van der Waals surface area contributed by atoms with Crippen molar-refractivity contribution in [1.29, 1.82) is 0 Å². The molecule has 0 heterocycles. The monoisotopic (exact) mass is 354 g/mol. The van der Waals surface area contributed by atoms with Crippen LogP contribution in [-0.4, -0.2) is 44.2 Å². The molecular formula is C14H23ClO6S. The van der Waals surface area contributed by atoms with Gasteiger partial charge in [0.05, 0.1) is 18.4 Å². The lowest BCUT2D eigenvalue weighted by Gasteiger charge is -2.22. The summed E-state index contributed by atoms with van der Waals surface area (Å²) in [4.78, 5) is 0. The summed E-state index contributed by atoms with van der Waals surface area (Å²) in [6.45, 7) is 4.20. The van der Waals surface area contributed by atoms with Crippen LogP contribution in [0.1, 0.15) is 20.3 Å². The highest BCUT2D eigenvalue weighted by Crippen LogP contribution is 2.31. The van der Waals surface area contributed by atoms with Gasteiger partial charge in [-0.05, 0) is 18.1 Å². The number of halogens is 1. The van der Waals surface area contributed by atoms with E-state index in [1.807, 2.05) is 0 Å². The fraction of sp³-hybridized carbons (Fsp3) is 0.571. The van der Waals surface area contributed by atoms with E-state index in [0.717, 1.165) is 0 Å². The first-order valence-electron chi connectivity index (χ1n) is 6.62. The Kier molecular flexibility index (Phi) is 9.43. The number of ether oxygens (including phenoxy) is 2. The van der Waals surface area contributed by atoms with Gasteiger partial charge in [-0.15, -0.1) is 0 Å². The van der Waals surface area contributed by atoms with Crippen LogP contribution in [-0.2, 0) is 10.1 Å². The maximum absolute atomic E-state index is 9.19. The lowest BCUT2D eigenvalue weighted by molar-refractivity contribution is 0.115. The van der Waals surface area contributed by atoms with Gasteiger partial charge in [0.25, 0.3) is 10.1 Å². The second-order valence-corrected chi connectivity index (χ2v) is 6.82. The number of methoxy groups -OCH3 is 1. The molecule has 1 unspecified atom stereocenters. The van der Waals surface area contributed by atoms with Crippen molar-refractivity contribution in [1.82, 2.24) is 0 Å².